The lowest BCUT2D eigenvalue weighted by Gasteiger charge is -2.40. The van der Waals surface area contributed by atoms with E-state index in [1.54, 1.807) is 0 Å². The summed E-state index contributed by atoms with van der Waals surface area (Å²) in [6.07, 6.45) is 6.62. The number of hydrogen-bond donors (Lipinski definition) is 2. The highest BCUT2D eigenvalue weighted by Crippen LogP contribution is 2.40. The zero-order valence-electron chi connectivity index (χ0n) is 11.5. The van der Waals surface area contributed by atoms with E-state index in [1.165, 1.54) is 12.4 Å². The highest BCUT2D eigenvalue weighted by Gasteiger charge is 2.36. The van der Waals surface area contributed by atoms with Crippen molar-refractivity contribution in [3.8, 4) is 6.07 Å². The van der Waals surface area contributed by atoms with E-state index in [9.17, 15) is 5.11 Å². The Hall–Kier alpha value is -1.67. The van der Waals surface area contributed by atoms with E-state index in [2.05, 4.69) is 29.1 Å². The molecule has 1 heterocycles. The number of aliphatic hydroxyl groups is 1. The van der Waals surface area contributed by atoms with Crippen molar-refractivity contribution >= 4 is 5.82 Å². The van der Waals surface area contributed by atoms with Crippen LogP contribution in [0.1, 0.15) is 45.2 Å². The largest absolute Gasteiger partial charge is 0.388 e. The van der Waals surface area contributed by atoms with Gasteiger partial charge in [0.2, 0.25) is 0 Å². The lowest BCUT2D eigenvalue weighted by molar-refractivity contribution is -0.0145. The second kappa shape index (κ2) is 5.14. The fourth-order valence-corrected chi connectivity index (χ4v) is 2.30. The number of nitrogens with zero attached hydrogens (tertiary/aromatic N) is 3. The molecule has 0 aromatic carbocycles. The maximum absolute atomic E-state index is 10.5. The molecule has 5 nitrogen and oxygen atoms in total. The van der Waals surface area contributed by atoms with Crippen LogP contribution in [-0.4, -0.2) is 27.2 Å². The standard InChI is InChI=1S/C14H20N4O/c1-13(2)3-5-14(19,6-4-13)10-18-12-9-16-11(7-15)8-17-12/h8-9,19H,3-6,10H2,1-2H3,(H,17,18). The smallest absolute Gasteiger partial charge is 0.158 e. The van der Waals surface area contributed by atoms with Crippen LogP contribution in [0.15, 0.2) is 12.4 Å². The quantitative estimate of drug-likeness (QED) is 0.869. The van der Waals surface area contributed by atoms with Gasteiger partial charge in [0, 0.05) is 6.54 Å². The van der Waals surface area contributed by atoms with Gasteiger partial charge in [0.1, 0.15) is 11.9 Å². The van der Waals surface area contributed by atoms with Gasteiger partial charge in [0.25, 0.3) is 0 Å². The first-order valence-electron chi connectivity index (χ1n) is 6.61. The molecule has 0 radical (unpaired) electrons. The SMILES string of the molecule is CC1(C)CCC(O)(CNc2cnc(C#N)cn2)CC1. The first kappa shape index (κ1) is 13.8. The zero-order valence-corrected chi connectivity index (χ0v) is 11.5. The van der Waals surface area contributed by atoms with Crippen molar-refractivity contribution in [2.75, 3.05) is 11.9 Å². The predicted molar refractivity (Wildman–Crippen MR) is 72.4 cm³/mol. The third kappa shape index (κ3) is 3.65. The second-order valence-electron chi connectivity index (χ2n) is 6.14. The Morgan fingerprint density at radius 2 is 1.95 bits per heavy atom. The van der Waals surface area contributed by atoms with Crippen LogP contribution in [0, 0.1) is 16.7 Å². The first-order chi connectivity index (χ1) is 8.92. The van der Waals surface area contributed by atoms with Crippen molar-refractivity contribution < 1.29 is 5.11 Å². The Morgan fingerprint density at radius 3 is 2.47 bits per heavy atom. The van der Waals surface area contributed by atoms with Gasteiger partial charge in [-0.1, -0.05) is 13.8 Å². The molecular weight excluding hydrogens is 240 g/mol. The molecule has 19 heavy (non-hydrogen) atoms. The van der Waals surface area contributed by atoms with Crippen molar-refractivity contribution in [2.45, 2.75) is 45.1 Å². The molecule has 1 saturated carbocycles. The maximum atomic E-state index is 10.5. The van der Waals surface area contributed by atoms with Crippen molar-refractivity contribution in [3.63, 3.8) is 0 Å². The molecule has 0 spiro atoms. The summed E-state index contributed by atoms with van der Waals surface area (Å²) in [6, 6.07) is 1.93. The molecule has 1 aromatic heterocycles. The van der Waals surface area contributed by atoms with E-state index in [4.69, 9.17) is 5.26 Å². The first-order valence-corrected chi connectivity index (χ1v) is 6.61. The van der Waals surface area contributed by atoms with Crippen LogP contribution >= 0.6 is 0 Å². The summed E-state index contributed by atoms with van der Waals surface area (Å²) in [5.74, 6) is 0.595. The molecule has 2 N–H and O–H groups in total. The summed E-state index contributed by atoms with van der Waals surface area (Å²) in [4.78, 5) is 8.03. The fourth-order valence-electron chi connectivity index (χ4n) is 2.30. The van der Waals surface area contributed by atoms with Crippen LogP contribution in [0.2, 0.25) is 0 Å². The Morgan fingerprint density at radius 1 is 1.26 bits per heavy atom. The molecule has 1 fully saturated rings. The molecule has 0 unspecified atom stereocenters. The molecule has 1 aliphatic rings. The van der Waals surface area contributed by atoms with Crippen molar-refractivity contribution in [2.24, 2.45) is 5.41 Å². The monoisotopic (exact) mass is 260 g/mol. The minimum atomic E-state index is -0.662. The van der Waals surface area contributed by atoms with Gasteiger partial charge >= 0.3 is 0 Å². The highest BCUT2D eigenvalue weighted by atomic mass is 16.3. The number of nitrogens with one attached hydrogen (secondary N) is 1. The van der Waals surface area contributed by atoms with Gasteiger partial charge in [-0.15, -0.1) is 0 Å². The normalized spacial score (nSPS) is 20.5. The van der Waals surface area contributed by atoms with Gasteiger partial charge in [-0.3, -0.25) is 0 Å². The second-order valence-corrected chi connectivity index (χ2v) is 6.14. The van der Waals surface area contributed by atoms with E-state index in [1.807, 2.05) is 6.07 Å². The van der Waals surface area contributed by atoms with Crippen LogP contribution in [0.25, 0.3) is 0 Å². The van der Waals surface area contributed by atoms with E-state index in [-0.39, 0.29) is 0 Å². The molecule has 0 atom stereocenters. The van der Waals surface area contributed by atoms with E-state index >= 15 is 0 Å². The van der Waals surface area contributed by atoms with E-state index in [0.29, 0.717) is 23.5 Å². The molecule has 2 rings (SSSR count). The molecule has 0 amide bonds. The van der Waals surface area contributed by atoms with Gasteiger partial charge in [-0.05, 0) is 31.1 Å². The number of anilines is 1. The van der Waals surface area contributed by atoms with Crippen LogP contribution in [-0.2, 0) is 0 Å². The van der Waals surface area contributed by atoms with Crippen LogP contribution in [0.5, 0.6) is 0 Å². The van der Waals surface area contributed by atoms with Crippen LogP contribution in [0.3, 0.4) is 0 Å². The molecule has 0 saturated heterocycles. The third-order valence-corrected chi connectivity index (χ3v) is 3.90. The molecule has 1 aromatic rings. The summed E-state index contributed by atoms with van der Waals surface area (Å²) in [7, 11) is 0. The molecule has 5 heteroatoms. The highest BCUT2D eigenvalue weighted by molar-refractivity contribution is 5.33. The Labute approximate surface area is 113 Å². The number of rotatable bonds is 3. The fraction of sp³-hybridized carbons (Fsp3) is 0.643. The average Bonchev–Trinajstić information content (AvgIpc) is 2.41. The topological polar surface area (TPSA) is 81.8 Å². The van der Waals surface area contributed by atoms with Gasteiger partial charge in [0.15, 0.2) is 5.69 Å². The van der Waals surface area contributed by atoms with Crippen molar-refractivity contribution in [3.05, 3.63) is 18.1 Å². The van der Waals surface area contributed by atoms with Gasteiger partial charge in [0.05, 0.1) is 18.0 Å². The van der Waals surface area contributed by atoms with Gasteiger partial charge < -0.3 is 10.4 Å². The summed E-state index contributed by atoms with van der Waals surface area (Å²) in [6.45, 7) is 4.96. The summed E-state index contributed by atoms with van der Waals surface area (Å²) in [5, 5.41) is 22.2. The number of nitriles is 1. The minimum absolute atomic E-state index is 0.295. The van der Waals surface area contributed by atoms with Crippen molar-refractivity contribution in [1.82, 2.24) is 9.97 Å². The number of hydrogen-bond acceptors (Lipinski definition) is 5. The molecule has 0 aliphatic heterocycles. The molecule has 102 valence electrons. The van der Waals surface area contributed by atoms with Crippen LogP contribution in [0.4, 0.5) is 5.82 Å². The zero-order chi connectivity index (χ0) is 13.9. The Balaban J connectivity index is 1.89. The van der Waals surface area contributed by atoms with Crippen molar-refractivity contribution in [1.29, 1.82) is 5.26 Å². The summed E-state index contributed by atoms with van der Waals surface area (Å²) >= 11 is 0. The Kier molecular flexibility index (Phi) is 3.72. The number of aromatic nitrogens is 2. The summed E-state index contributed by atoms with van der Waals surface area (Å²) in [5.41, 5.74) is -0.0327. The third-order valence-electron chi connectivity index (χ3n) is 3.90. The van der Waals surface area contributed by atoms with Crippen LogP contribution < -0.4 is 5.32 Å². The van der Waals surface area contributed by atoms with E-state index in [0.717, 1.165) is 25.7 Å². The molecular formula is C14H20N4O. The molecule has 0 bridgehead atoms. The minimum Gasteiger partial charge on any atom is -0.388 e. The van der Waals surface area contributed by atoms with E-state index < -0.39 is 5.60 Å². The maximum Gasteiger partial charge on any atom is 0.158 e. The van der Waals surface area contributed by atoms with Gasteiger partial charge in [-0.25, -0.2) is 9.97 Å². The predicted octanol–water partition coefficient (Wildman–Crippen LogP) is 2.09. The average molecular weight is 260 g/mol. The molecule has 1 aliphatic carbocycles. The van der Waals surface area contributed by atoms with Gasteiger partial charge in [-0.2, -0.15) is 5.26 Å². The lowest BCUT2D eigenvalue weighted by Crippen LogP contribution is -2.42. The summed E-state index contributed by atoms with van der Waals surface area (Å²) < 4.78 is 0. The lowest BCUT2D eigenvalue weighted by atomic mass is 9.71. The Bertz CT molecular complexity index is 465.